The van der Waals surface area contributed by atoms with Gasteiger partial charge in [-0.15, -0.1) is 0 Å². The van der Waals surface area contributed by atoms with Crippen LogP contribution in [0.5, 0.6) is 0 Å². The van der Waals surface area contributed by atoms with Crippen LogP contribution in [0.4, 0.5) is 0 Å². The zero-order chi connectivity index (χ0) is 9.83. The molecule has 4 heteroatoms. The summed E-state index contributed by atoms with van der Waals surface area (Å²) in [5, 5.41) is 0. The first kappa shape index (κ1) is 11.8. The second-order valence-electron chi connectivity index (χ2n) is 3.33. The third-order valence-corrected chi connectivity index (χ3v) is 2.96. The molecule has 0 fully saturated rings. The molecule has 0 bridgehead atoms. The molecule has 0 aliphatic rings. The van der Waals surface area contributed by atoms with Gasteiger partial charge in [0, 0.05) is 0 Å². The van der Waals surface area contributed by atoms with Crippen molar-refractivity contribution in [1.29, 1.82) is 0 Å². The van der Waals surface area contributed by atoms with Crippen molar-refractivity contribution in [2.75, 3.05) is 0 Å². The van der Waals surface area contributed by atoms with Crippen LogP contribution in [0.15, 0.2) is 0 Å². The summed E-state index contributed by atoms with van der Waals surface area (Å²) >= 11 is 0. The van der Waals surface area contributed by atoms with E-state index in [1.165, 1.54) is 0 Å². The minimum Gasteiger partial charge on any atom is -0.312 e. The molecule has 74 valence electrons. The van der Waals surface area contributed by atoms with E-state index in [2.05, 4.69) is 5.43 Å². The summed E-state index contributed by atoms with van der Waals surface area (Å²) in [7, 11) is 0. The van der Waals surface area contributed by atoms with Gasteiger partial charge in [0.15, 0.2) is 0 Å². The van der Waals surface area contributed by atoms with Crippen molar-refractivity contribution in [2.45, 2.75) is 51.2 Å². The quantitative estimate of drug-likeness (QED) is 0.269. The van der Waals surface area contributed by atoms with E-state index in [9.17, 15) is 0 Å². The molecule has 0 saturated carbocycles. The van der Waals surface area contributed by atoms with Crippen molar-refractivity contribution in [3.8, 4) is 0 Å². The summed E-state index contributed by atoms with van der Waals surface area (Å²) in [6, 6.07) is 0. The van der Waals surface area contributed by atoms with Gasteiger partial charge in [-0.25, -0.2) is 0 Å². The van der Waals surface area contributed by atoms with Crippen LogP contribution < -0.4 is 22.7 Å². The lowest BCUT2D eigenvalue weighted by Gasteiger charge is -2.44. The van der Waals surface area contributed by atoms with Gasteiger partial charge in [-0.3, -0.25) is 11.3 Å². The fourth-order valence-electron chi connectivity index (χ4n) is 1.59. The van der Waals surface area contributed by atoms with E-state index in [1.54, 1.807) is 0 Å². The van der Waals surface area contributed by atoms with Crippen LogP contribution in [0.1, 0.15) is 40.0 Å². The predicted molar refractivity (Wildman–Crippen MR) is 52.0 cm³/mol. The molecule has 12 heavy (non-hydrogen) atoms. The molecule has 4 nitrogen and oxygen atoms in total. The minimum absolute atomic E-state index is 0.345. The molecular formula is C8H22N4. The van der Waals surface area contributed by atoms with Crippen molar-refractivity contribution < 1.29 is 0 Å². The van der Waals surface area contributed by atoms with Crippen molar-refractivity contribution in [1.82, 2.24) is 5.43 Å². The number of rotatable bonds is 5. The molecule has 0 aromatic carbocycles. The third-order valence-electron chi connectivity index (χ3n) is 2.96. The standard InChI is InChI=1S/C8H22N4/c1-4-7(5-2,12-11)8(9,10)6-3/h12H,4-6,9-11H2,1-3H3. The number of hydrogen-bond donors (Lipinski definition) is 4. The molecule has 0 aliphatic carbocycles. The molecule has 0 aromatic heterocycles. The lowest BCUT2D eigenvalue weighted by atomic mass is 9.79. The lowest BCUT2D eigenvalue weighted by Crippen LogP contribution is -2.73. The van der Waals surface area contributed by atoms with Gasteiger partial charge in [-0.1, -0.05) is 20.8 Å². The van der Waals surface area contributed by atoms with Gasteiger partial charge in [-0.2, -0.15) is 0 Å². The first-order valence-corrected chi connectivity index (χ1v) is 4.55. The van der Waals surface area contributed by atoms with E-state index in [1.807, 2.05) is 20.8 Å². The summed E-state index contributed by atoms with van der Waals surface area (Å²) in [5.74, 6) is 5.48. The highest BCUT2D eigenvalue weighted by Crippen LogP contribution is 2.24. The Labute approximate surface area is 74.8 Å². The molecule has 0 amide bonds. The average molecular weight is 174 g/mol. The molecule has 0 unspecified atom stereocenters. The fourth-order valence-corrected chi connectivity index (χ4v) is 1.59. The largest absolute Gasteiger partial charge is 0.312 e. The Bertz CT molecular complexity index is 121. The number of hydrazine groups is 1. The zero-order valence-corrected chi connectivity index (χ0v) is 8.35. The normalized spacial score (nSPS) is 13.5. The van der Waals surface area contributed by atoms with Crippen molar-refractivity contribution in [3.63, 3.8) is 0 Å². The van der Waals surface area contributed by atoms with Crippen LogP contribution in [-0.2, 0) is 0 Å². The SMILES string of the molecule is CCC(N)(N)C(CC)(CC)NN. The van der Waals surface area contributed by atoms with E-state index in [-0.39, 0.29) is 5.54 Å². The van der Waals surface area contributed by atoms with Crippen LogP contribution in [0.25, 0.3) is 0 Å². The molecule has 0 spiro atoms. The Balaban J connectivity index is 4.69. The van der Waals surface area contributed by atoms with E-state index in [0.717, 1.165) is 12.8 Å². The maximum Gasteiger partial charge on any atom is 0.0834 e. The molecule has 0 heterocycles. The van der Waals surface area contributed by atoms with Gasteiger partial charge in [0.2, 0.25) is 0 Å². The molecule has 0 atom stereocenters. The molecule has 0 radical (unpaired) electrons. The first-order chi connectivity index (χ1) is 5.49. The van der Waals surface area contributed by atoms with Crippen LogP contribution in [-0.4, -0.2) is 11.2 Å². The highest BCUT2D eigenvalue weighted by atomic mass is 15.3. The predicted octanol–water partition coefficient (Wildman–Crippen LogP) is 0.0322. The molecule has 7 N–H and O–H groups in total. The van der Waals surface area contributed by atoms with Gasteiger partial charge in [0.05, 0.1) is 11.2 Å². The average Bonchev–Trinajstić information content (AvgIpc) is 2.08. The van der Waals surface area contributed by atoms with E-state index in [4.69, 9.17) is 17.3 Å². The summed E-state index contributed by atoms with van der Waals surface area (Å²) in [6.45, 7) is 6.04. The Morgan fingerprint density at radius 3 is 1.50 bits per heavy atom. The highest BCUT2D eigenvalue weighted by Gasteiger charge is 2.41. The summed E-state index contributed by atoms with van der Waals surface area (Å²) in [4.78, 5) is 0. The van der Waals surface area contributed by atoms with Gasteiger partial charge >= 0.3 is 0 Å². The zero-order valence-electron chi connectivity index (χ0n) is 8.35. The Morgan fingerprint density at radius 1 is 1.00 bits per heavy atom. The third kappa shape index (κ3) is 1.77. The van der Waals surface area contributed by atoms with Gasteiger partial charge in [-0.05, 0) is 19.3 Å². The monoisotopic (exact) mass is 174 g/mol. The molecule has 0 rings (SSSR count). The maximum absolute atomic E-state index is 5.96. The maximum atomic E-state index is 5.96. The van der Waals surface area contributed by atoms with Crippen LogP contribution in [0, 0.1) is 0 Å². The second kappa shape index (κ2) is 4.18. The van der Waals surface area contributed by atoms with E-state index >= 15 is 0 Å². The van der Waals surface area contributed by atoms with Crippen LogP contribution in [0.3, 0.4) is 0 Å². The number of nitrogens with one attached hydrogen (secondary N) is 1. The van der Waals surface area contributed by atoms with Crippen LogP contribution >= 0.6 is 0 Å². The van der Waals surface area contributed by atoms with Crippen molar-refractivity contribution in [2.24, 2.45) is 17.3 Å². The molecule has 0 saturated heterocycles. The summed E-state index contributed by atoms with van der Waals surface area (Å²) in [5.41, 5.74) is 13.6. The van der Waals surface area contributed by atoms with Gasteiger partial charge < -0.3 is 11.5 Å². The lowest BCUT2D eigenvalue weighted by molar-refractivity contribution is 0.152. The number of nitrogens with two attached hydrogens (primary N) is 3. The molecule has 0 aromatic rings. The fraction of sp³-hybridized carbons (Fsp3) is 1.00. The Hall–Kier alpha value is -0.160. The van der Waals surface area contributed by atoms with E-state index in [0.29, 0.717) is 6.42 Å². The summed E-state index contributed by atoms with van der Waals surface area (Å²) in [6.07, 6.45) is 2.38. The smallest absolute Gasteiger partial charge is 0.0834 e. The number of hydrogen-bond acceptors (Lipinski definition) is 4. The Kier molecular flexibility index (Phi) is 4.13. The van der Waals surface area contributed by atoms with Crippen molar-refractivity contribution in [3.05, 3.63) is 0 Å². The van der Waals surface area contributed by atoms with E-state index < -0.39 is 5.66 Å². The van der Waals surface area contributed by atoms with Crippen molar-refractivity contribution >= 4 is 0 Å². The van der Waals surface area contributed by atoms with Gasteiger partial charge in [0.1, 0.15) is 0 Å². The summed E-state index contributed by atoms with van der Waals surface area (Å²) < 4.78 is 0. The molecule has 0 aliphatic heterocycles. The highest BCUT2D eigenvalue weighted by molar-refractivity contribution is 5.02. The second-order valence-corrected chi connectivity index (χ2v) is 3.33. The molecular weight excluding hydrogens is 152 g/mol. The first-order valence-electron chi connectivity index (χ1n) is 4.55. The topological polar surface area (TPSA) is 90.1 Å². The minimum atomic E-state index is -0.731. The van der Waals surface area contributed by atoms with Crippen LogP contribution in [0.2, 0.25) is 0 Å². The van der Waals surface area contributed by atoms with Gasteiger partial charge in [0.25, 0.3) is 0 Å². The Morgan fingerprint density at radius 2 is 1.42 bits per heavy atom.